The molecule has 1 heterocycles. The van der Waals surface area contributed by atoms with Gasteiger partial charge in [0, 0.05) is 16.5 Å². The minimum atomic E-state index is -0.842. The Bertz CT molecular complexity index is 653. The highest BCUT2D eigenvalue weighted by molar-refractivity contribution is 7.10. The first-order chi connectivity index (χ1) is 10.5. The molecule has 0 fully saturated rings. The van der Waals surface area contributed by atoms with Crippen LogP contribution >= 0.6 is 11.3 Å². The van der Waals surface area contributed by atoms with Gasteiger partial charge in [0.15, 0.2) is 0 Å². The number of nitrogens with one attached hydrogen (secondary N) is 1. The van der Waals surface area contributed by atoms with E-state index in [2.05, 4.69) is 10.1 Å². The largest absolute Gasteiger partial charge is 0.469 e. The van der Waals surface area contributed by atoms with Crippen molar-refractivity contribution in [1.82, 2.24) is 5.32 Å². The number of carbonyl (C=O) groups excluding carboxylic acids is 2. The summed E-state index contributed by atoms with van der Waals surface area (Å²) in [5.74, 6) is -2.85. The van der Waals surface area contributed by atoms with Gasteiger partial charge in [0.1, 0.15) is 11.6 Å². The number of carbonyl (C=O) groups is 2. The van der Waals surface area contributed by atoms with E-state index >= 15 is 0 Å². The van der Waals surface area contributed by atoms with Gasteiger partial charge in [-0.2, -0.15) is 0 Å². The van der Waals surface area contributed by atoms with Crippen LogP contribution in [0.25, 0.3) is 0 Å². The average Bonchev–Trinajstić information content (AvgIpc) is 2.99. The molecule has 1 unspecified atom stereocenters. The van der Waals surface area contributed by atoms with Crippen LogP contribution in [0.1, 0.15) is 27.7 Å². The molecular weight excluding hydrogens is 312 g/mol. The van der Waals surface area contributed by atoms with E-state index in [1.54, 1.807) is 17.5 Å². The summed E-state index contributed by atoms with van der Waals surface area (Å²) in [5, 5.41) is 4.39. The first-order valence-electron chi connectivity index (χ1n) is 6.36. The Morgan fingerprint density at radius 2 is 1.95 bits per heavy atom. The maximum absolute atomic E-state index is 13.2. The molecular formula is C15H13F2NO3S. The smallest absolute Gasteiger partial charge is 0.307 e. The minimum absolute atomic E-state index is 0.0689. The predicted octanol–water partition coefficient (Wildman–Crippen LogP) is 3.06. The third kappa shape index (κ3) is 4.11. The average molecular weight is 325 g/mol. The number of esters is 1. The Morgan fingerprint density at radius 1 is 1.27 bits per heavy atom. The van der Waals surface area contributed by atoms with Crippen LogP contribution < -0.4 is 5.32 Å². The molecule has 4 nitrogen and oxygen atoms in total. The van der Waals surface area contributed by atoms with E-state index in [1.807, 2.05) is 0 Å². The molecule has 1 atom stereocenters. The van der Waals surface area contributed by atoms with Gasteiger partial charge in [-0.05, 0) is 23.6 Å². The van der Waals surface area contributed by atoms with Crippen LogP contribution in [0.15, 0.2) is 35.7 Å². The van der Waals surface area contributed by atoms with Crippen LogP contribution in [0.2, 0.25) is 0 Å². The number of amides is 1. The fourth-order valence-corrected chi connectivity index (χ4v) is 2.67. The molecule has 1 aromatic carbocycles. The molecule has 0 spiro atoms. The van der Waals surface area contributed by atoms with E-state index in [-0.39, 0.29) is 12.0 Å². The monoisotopic (exact) mass is 325 g/mol. The number of rotatable bonds is 5. The van der Waals surface area contributed by atoms with Gasteiger partial charge in [-0.1, -0.05) is 6.07 Å². The summed E-state index contributed by atoms with van der Waals surface area (Å²) in [6.45, 7) is 0. The SMILES string of the molecule is COC(=O)CC(NC(=O)c1cc(F)cc(F)c1)c1cccs1. The lowest BCUT2D eigenvalue weighted by molar-refractivity contribution is -0.141. The van der Waals surface area contributed by atoms with Gasteiger partial charge in [-0.3, -0.25) is 9.59 Å². The van der Waals surface area contributed by atoms with Crippen LogP contribution in [0, 0.1) is 11.6 Å². The zero-order valence-corrected chi connectivity index (χ0v) is 12.5. The summed E-state index contributed by atoms with van der Waals surface area (Å²) in [4.78, 5) is 24.3. The zero-order valence-electron chi connectivity index (χ0n) is 11.6. The molecule has 0 saturated heterocycles. The van der Waals surface area contributed by atoms with Crippen molar-refractivity contribution in [3.05, 3.63) is 57.8 Å². The molecule has 0 bridgehead atoms. The maximum atomic E-state index is 13.2. The van der Waals surface area contributed by atoms with Crippen LogP contribution in [0.5, 0.6) is 0 Å². The summed E-state index contributed by atoms with van der Waals surface area (Å²) >= 11 is 1.36. The second-order valence-electron chi connectivity index (χ2n) is 4.48. The molecule has 1 amide bonds. The number of halogens is 2. The zero-order chi connectivity index (χ0) is 16.1. The van der Waals surface area contributed by atoms with Gasteiger partial charge in [0.05, 0.1) is 19.6 Å². The highest BCUT2D eigenvalue weighted by Crippen LogP contribution is 2.23. The fourth-order valence-electron chi connectivity index (χ4n) is 1.89. The van der Waals surface area contributed by atoms with E-state index < -0.39 is 29.6 Å². The van der Waals surface area contributed by atoms with Crippen molar-refractivity contribution in [2.45, 2.75) is 12.5 Å². The van der Waals surface area contributed by atoms with Crippen molar-refractivity contribution in [1.29, 1.82) is 0 Å². The predicted molar refractivity (Wildman–Crippen MR) is 77.5 cm³/mol. The molecule has 0 aliphatic heterocycles. The van der Waals surface area contributed by atoms with Crippen LogP contribution in [0.4, 0.5) is 8.78 Å². The van der Waals surface area contributed by atoms with Gasteiger partial charge >= 0.3 is 5.97 Å². The molecule has 1 N–H and O–H groups in total. The number of ether oxygens (including phenoxy) is 1. The lowest BCUT2D eigenvalue weighted by atomic mass is 10.1. The van der Waals surface area contributed by atoms with Crippen LogP contribution in [0.3, 0.4) is 0 Å². The van der Waals surface area contributed by atoms with Crippen molar-refractivity contribution >= 4 is 23.2 Å². The van der Waals surface area contributed by atoms with Gasteiger partial charge in [0.25, 0.3) is 5.91 Å². The van der Waals surface area contributed by atoms with Gasteiger partial charge in [-0.15, -0.1) is 11.3 Å². The Hall–Kier alpha value is -2.28. The van der Waals surface area contributed by atoms with E-state index in [0.717, 1.165) is 17.0 Å². The third-order valence-corrected chi connectivity index (χ3v) is 3.90. The van der Waals surface area contributed by atoms with E-state index in [1.165, 1.54) is 18.4 Å². The summed E-state index contributed by atoms with van der Waals surface area (Å²) in [6, 6.07) is 5.46. The van der Waals surface area contributed by atoms with Crippen LogP contribution in [-0.2, 0) is 9.53 Å². The third-order valence-electron chi connectivity index (χ3n) is 2.92. The van der Waals surface area contributed by atoms with Gasteiger partial charge in [0.2, 0.25) is 0 Å². The quantitative estimate of drug-likeness (QED) is 0.860. The summed E-state index contributed by atoms with van der Waals surface area (Å²) in [6.07, 6.45) is -0.0689. The van der Waals surface area contributed by atoms with E-state index in [0.29, 0.717) is 6.07 Å². The molecule has 7 heteroatoms. The number of benzene rings is 1. The molecule has 0 radical (unpaired) electrons. The molecule has 0 saturated carbocycles. The van der Waals surface area contributed by atoms with Gasteiger partial charge in [-0.25, -0.2) is 8.78 Å². The Labute approximate surface area is 129 Å². The number of hydrogen-bond acceptors (Lipinski definition) is 4. The highest BCUT2D eigenvalue weighted by Gasteiger charge is 2.21. The van der Waals surface area contributed by atoms with Crippen molar-refractivity contribution in [3.8, 4) is 0 Å². The minimum Gasteiger partial charge on any atom is -0.469 e. The molecule has 22 heavy (non-hydrogen) atoms. The summed E-state index contributed by atoms with van der Waals surface area (Å²) in [5.41, 5.74) is -0.149. The topological polar surface area (TPSA) is 55.4 Å². The molecule has 0 aliphatic rings. The fraction of sp³-hybridized carbons (Fsp3) is 0.200. The number of hydrogen-bond donors (Lipinski definition) is 1. The normalized spacial score (nSPS) is 11.8. The first-order valence-corrected chi connectivity index (χ1v) is 7.24. The second kappa shape index (κ2) is 7.13. The number of methoxy groups -OCH3 is 1. The van der Waals surface area contributed by atoms with Crippen molar-refractivity contribution < 1.29 is 23.1 Å². The maximum Gasteiger partial charge on any atom is 0.307 e. The van der Waals surface area contributed by atoms with Crippen LogP contribution in [-0.4, -0.2) is 19.0 Å². The van der Waals surface area contributed by atoms with Crippen molar-refractivity contribution in [2.75, 3.05) is 7.11 Å². The molecule has 2 rings (SSSR count). The van der Waals surface area contributed by atoms with Crippen molar-refractivity contribution in [2.24, 2.45) is 0 Å². The molecule has 116 valence electrons. The lowest BCUT2D eigenvalue weighted by Gasteiger charge is -2.16. The Balaban J connectivity index is 2.19. The molecule has 2 aromatic rings. The number of thiophene rings is 1. The molecule has 0 aliphatic carbocycles. The Kier molecular flexibility index (Phi) is 5.21. The summed E-state index contributed by atoms with van der Waals surface area (Å²) < 4.78 is 30.9. The van der Waals surface area contributed by atoms with E-state index in [4.69, 9.17) is 0 Å². The first kappa shape index (κ1) is 16.1. The van der Waals surface area contributed by atoms with Gasteiger partial charge < -0.3 is 10.1 Å². The standard InChI is InChI=1S/C15H13F2NO3S/c1-21-14(19)8-12(13-3-2-4-22-13)18-15(20)9-5-10(16)7-11(17)6-9/h2-7,12H,8H2,1H3,(H,18,20). The second-order valence-corrected chi connectivity index (χ2v) is 5.46. The summed E-state index contributed by atoms with van der Waals surface area (Å²) in [7, 11) is 1.25. The van der Waals surface area contributed by atoms with E-state index in [9.17, 15) is 18.4 Å². The Morgan fingerprint density at radius 3 is 2.50 bits per heavy atom. The lowest BCUT2D eigenvalue weighted by Crippen LogP contribution is -2.30. The highest BCUT2D eigenvalue weighted by atomic mass is 32.1. The van der Waals surface area contributed by atoms with Crippen molar-refractivity contribution in [3.63, 3.8) is 0 Å². The molecule has 1 aromatic heterocycles.